The van der Waals surface area contributed by atoms with Gasteiger partial charge in [0.2, 0.25) is 0 Å². The molecule has 2 amide bonds. The van der Waals surface area contributed by atoms with Gasteiger partial charge in [0, 0.05) is 12.2 Å². The number of aryl methyl sites for hydroxylation is 2. The lowest BCUT2D eigenvalue weighted by Crippen LogP contribution is -2.40. The second kappa shape index (κ2) is 7.11. The van der Waals surface area contributed by atoms with Crippen LogP contribution in [-0.4, -0.2) is 23.7 Å². The molecule has 21 heavy (non-hydrogen) atoms. The number of para-hydroxylation sites is 1. The van der Waals surface area contributed by atoms with Gasteiger partial charge in [-0.05, 0) is 37.8 Å². The van der Waals surface area contributed by atoms with Gasteiger partial charge in [-0.15, -0.1) is 0 Å². The number of benzene rings is 1. The molecule has 0 unspecified atom stereocenters. The number of hydrogen-bond donors (Lipinski definition) is 3. The minimum Gasteiger partial charge on any atom is -0.481 e. The average Bonchev–Trinajstić information content (AvgIpc) is 2.45. The van der Waals surface area contributed by atoms with Crippen LogP contribution in [-0.2, 0) is 17.6 Å². The van der Waals surface area contributed by atoms with Crippen molar-refractivity contribution < 1.29 is 14.7 Å². The van der Waals surface area contributed by atoms with E-state index in [0.29, 0.717) is 0 Å². The maximum absolute atomic E-state index is 12.0. The third-order valence-electron chi connectivity index (χ3n) is 3.51. The molecule has 0 bridgehead atoms. The first-order chi connectivity index (χ1) is 9.81. The van der Waals surface area contributed by atoms with Gasteiger partial charge in [-0.1, -0.05) is 32.0 Å². The zero-order chi connectivity index (χ0) is 16.0. The molecular formula is C16H24N2O3. The Labute approximate surface area is 125 Å². The summed E-state index contributed by atoms with van der Waals surface area (Å²) in [6.45, 7) is 7.29. The van der Waals surface area contributed by atoms with E-state index in [9.17, 15) is 9.59 Å². The minimum absolute atomic E-state index is 0.0733. The molecule has 1 aromatic rings. The Bertz CT molecular complexity index is 502. The molecule has 0 atom stereocenters. The molecule has 0 spiro atoms. The summed E-state index contributed by atoms with van der Waals surface area (Å²) in [7, 11) is 0. The van der Waals surface area contributed by atoms with Crippen LogP contribution in [0, 0.1) is 5.41 Å². The quantitative estimate of drug-likeness (QED) is 0.754. The molecule has 0 aromatic heterocycles. The van der Waals surface area contributed by atoms with Crippen molar-refractivity contribution in [3.8, 4) is 0 Å². The van der Waals surface area contributed by atoms with Gasteiger partial charge < -0.3 is 15.7 Å². The summed E-state index contributed by atoms with van der Waals surface area (Å²) in [5.74, 6) is -0.939. The number of carboxylic acids is 1. The van der Waals surface area contributed by atoms with Gasteiger partial charge in [-0.2, -0.15) is 0 Å². The fourth-order valence-electron chi connectivity index (χ4n) is 1.94. The molecule has 0 fully saturated rings. The molecule has 116 valence electrons. The molecule has 0 aliphatic heterocycles. The highest BCUT2D eigenvalue weighted by molar-refractivity contribution is 5.91. The molecule has 0 radical (unpaired) electrons. The lowest BCUT2D eigenvalue weighted by atomic mass is 9.94. The number of hydrogen-bond acceptors (Lipinski definition) is 2. The number of urea groups is 1. The lowest BCUT2D eigenvalue weighted by Gasteiger charge is -2.20. The molecule has 1 rings (SSSR count). The topological polar surface area (TPSA) is 78.4 Å². The summed E-state index contributed by atoms with van der Waals surface area (Å²) in [6.07, 6.45) is 1.65. The van der Waals surface area contributed by atoms with Gasteiger partial charge in [-0.25, -0.2) is 4.79 Å². The van der Waals surface area contributed by atoms with Crippen LogP contribution >= 0.6 is 0 Å². The molecule has 3 N–H and O–H groups in total. The van der Waals surface area contributed by atoms with Crippen LogP contribution in [0.15, 0.2) is 18.2 Å². The van der Waals surface area contributed by atoms with E-state index in [2.05, 4.69) is 10.6 Å². The number of carbonyl (C=O) groups excluding carboxylic acids is 1. The summed E-state index contributed by atoms with van der Waals surface area (Å²) in [4.78, 5) is 23.0. The van der Waals surface area contributed by atoms with Crippen LogP contribution in [0.25, 0.3) is 0 Å². The third-order valence-corrected chi connectivity index (χ3v) is 3.51. The van der Waals surface area contributed by atoms with E-state index in [1.165, 1.54) is 0 Å². The van der Waals surface area contributed by atoms with Crippen molar-refractivity contribution in [1.82, 2.24) is 5.32 Å². The predicted octanol–water partition coefficient (Wildman–Crippen LogP) is 3.04. The van der Waals surface area contributed by atoms with Crippen LogP contribution in [0.2, 0.25) is 0 Å². The highest BCUT2D eigenvalue weighted by atomic mass is 16.4. The molecule has 0 aliphatic rings. The second-order valence-corrected chi connectivity index (χ2v) is 5.66. The number of nitrogens with one attached hydrogen (secondary N) is 2. The fraction of sp³-hybridized carbons (Fsp3) is 0.500. The smallest absolute Gasteiger partial charge is 0.319 e. The molecule has 0 aliphatic carbocycles. The van der Waals surface area contributed by atoms with Crippen LogP contribution in [0.4, 0.5) is 10.5 Å². The second-order valence-electron chi connectivity index (χ2n) is 5.66. The lowest BCUT2D eigenvalue weighted by molar-refractivity contribution is -0.146. The van der Waals surface area contributed by atoms with E-state index in [0.717, 1.165) is 29.7 Å². The van der Waals surface area contributed by atoms with Gasteiger partial charge in [0.05, 0.1) is 5.41 Å². The fourth-order valence-corrected chi connectivity index (χ4v) is 1.94. The summed E-state index contributed by atoms with van der Waals surface area (Å²) < 4.78 is 0. The zero-order valence-electron chi connectivity index (χ0n) is 13.1. The number of anilines is 1. The summed E-state index contributed by atoms with van der Waals surface area (Å²) in [6, 6.07) is 5.57. The van der Waals surface area contributed by atoms with E-state index < -0.39 is 11.4 Å². The predicted molar refractivity (Wildman–Crippen MR) is 83.6 cm³/mol. The molecule has 0 heterocycles. The summed E-state index contributed by atoms with van der Waals surface area (Å²) in [5, 5.41) is 14.5. The first kappa shape index (κ1) is 17.0. The van der Waals surface area contributed by atoms with Gasteiger partial charge >= 0.3 is 12.0 Å². The Morgan fingerprint density at radius 2 is 1.67 bits per heavy atom. The molecule has 0 saturated heterocycles. The van der Waals surface area contributed by atoms with E-state index >= 15 is 0 Å². The van der Waals surface area contributed by atoms with Crippen LogP contribution in [0.5, 0.6) is 0 Å². The SMILES string of the molecule is CCc1cccc(CC)c1NC(=O)NCC(C)(C)C(=O)O. The first-order valence-corrected chi connectivity index (χ1v) is 7.20. The Balaban J connectivity index is 2.78. The molecule has 1 aromatic carbocycles. The maximum Gasteiger partial charge on any atom is 0.319 e. The van der Waals surface area contributed by atoms with Crippen LogP contribution in [0.3, 0.4) is 0 Å². The van der Waals surface area contributed by atoms with Crippen molar-refractivity contribution in [2.24, 2.45) is 5.41 Å². The summed E-state index contributed by atoms with van der Waals surface area (Å²) in [5.41, 5.74) is 1.98. The largest absolute Gasteiger partial charge is 0.481 e. The molecular weight excluding hydrogens is 268 g/mol. The zero-order valence-corrected chi connectivity index (χ0v) is 13.1. The number of carboxylic acid groups (broad SMARTS) is 1. The number of aliphatic carboxylic acids is 1. The number of rotatable bonds is 6. The Kier molecular flexibility index (Phi) is 5.76. The van der Waals surface area contributed by atoms with Crippen LogP contribution in [0.1, 0.15) is 38.8 Å². The van der Waals surface area contributed by atoms with Crippen molar-refractivity contribution in [3.05, 3.63) is 29.3 Å². The molecule has 5 nitrogen and oxygen atoms in total. The number of amides is 2. The van der Waals surface area contributed by atoms with Crippen molar-refractivity contribution in [1.29, 1.82) is 0 Å². The normalized spacial score (nSPS) is 11.0. The molecule has 5 heteroatoms. The van der Waals surface area contributed by atoms with E-state index in [1.54, 1.807) is 13.8 Å². The average molecular weight is 292 g/mol. The van der Waals surface area contributed by atoms with Crippen molar-refractivity contribution in [2.75, 3.05) is 11.9 Å². The van der Waals surface area contributed by atoms with Crippen molar-refractivity contribution >= 4 is 17.7 Å². The van der Waals surface area contributed by atoms with E-state index in [1.807, 2.05) is 32.0 Å². The number of carbonyl (C=O) groups is 2. The van der Waals surface area contributed by atoms with Gasteiger partial charge in [0.25, 0.3) is 0 Å². The van der Waals surface area contributed by atoms with Gasteiger partial charge in [-0.3, -0.25) is 4.79 Å². The minimum atomic E-state index is -0.991. The monoisotopic (exact) mass is 292 g/mol. The standard InChI is InChI=1S/C16H24N2O3/c1-5-11-8-7-9-12(6-2)13(11)18-15(21)17-10-16(3,4)14(19)20/h7-9H,5-6,10H2,1-4H3,(H,19,20)(H2,17,18,21). The summed E-state index contributed by atoms with van der Waals surface area (Å²) >= 11 is 0. The Hall–Kier alpha value is -2.04. The highest BCUT2D eigenvalue weighted by Gasteiger charge is 2.27. The Morgan fingerprint density at radius 3 is 2.10 bits per heavy atom. The van der Waals surface area contributed by atoms with E-state index in [4.69, 9.17) is 5.11 Å². The van der Waals surface area contributed by atoms with Gasteiger partial charge in [0.1, 0.15) is 0 Å². The maximum atomic E-state index is 12.0. The Morgan fingerprint density at radius 1 is 1.14 bits per heavy atom. The van der Waals surface area contributed by atoms with Crippen LogP contribution < -0.4 is 10.6 Å². The van der Waals surface area contributed by atoms with Crippen molar-refractivity contribution in [3.63, 3.8) is 0 Å². The van der Waals surface area contributed by atoms with Crippen molar-refractivity contribution in [2.45, 2.75) is 40.5 Å². The van der Waals surface area contributed by atoms with Gasteiger partial charge in [0.15, 0.2) is 0 Å². The van der Waals surface area contributed by atoms with E-state index in [-0.39, 0.29) is 12.6 Å². The molecule has 0 saturated carbocycles. The third kappa shape index (κ3) is 4.48. The highest BCUT2D eigenvalue weighted by Crippen LogP contribution is 2.22. The first-order valence-electron chi connectivity index (χ1n) is 7.20.